The van der Waals surface area contributed by atoms with Gasteiger partial charge in [0.2, 0.25) is 0 Å². The Morgan fingerprint density at radius 1 is 1.35 bits per heavy atom. The van der Waals surface area contributed by atoms with Gasteiger partial charge in [0.15, 0.2) is 0 Å². The Bertz CT molecular complexity index is 430. The average molecular weight is 277 g/mol. The maximum atomic E-state index is 11.6. The summed E-state index contributed by atoms with van der Waals surface area (Å²) in [5.41, 5.74) is 1.25. The molecule has 1 aromatic carbocycles. The molecule has 1 aliphatic heterocycles. The Morgan fingerprint density at radius 2 is 2.10 bits per heavy atom. The molecule has 4 nitrogen and oxygen atoms in total. The monoisotopic (exact) mass is 277 g/mol. The van der Waals surface area contributed by atoms with Crippen molar-refractivity contribution in [3.05, 3.63) is 29.8 Å². The van der Waals surface area contributed by atoms with Gasteiger partial charge in [-0.05, 0) is 44.0 Å². The third-order valence-corrected chi connectivity index (χ3v) is 3.68. The first-order valence-corrected chi connectivity index (χ1v) is 7.25. The molecule has 0 radical (unpaired) electrons. The quantitative estimate of drug-likeness (QED) is 0.775. The molecule has 1 fully saturated rings. The first-order valence-electron chi connectivity index (χ1n) is 7.25. The molecular formula is C16H23NO3. The summed E-state index contributed by atoms with van der Waals surface area (Å²) in [4.78, 5) is 13.9. The molecule has 1 heterocycles. The van der Waals surface area contributed by atoms with E-state index in [1.54, 1.807) is 0 Å². The van der Waals surface area contributed by atoms with Crippen LogP contribution in [0, 0.1) is 5.92 Å². The molecule has 0 amide bonds. The molecule has 1 atom stereocenters. The van der Waals surface area contributed by atoms with Gasteiger partial charge in [0.05, 0.1) is 19.6 Å². The van der Waals surface area contributed by atoms with E-state index in [2.05, 4.69) is 17.0 Å². The Kier molecular flexibility index (Phi) is 5.41. The number of ether oxygens (including phenoxy) is 2. The highest BCUT2D eigenvalue weighted by Gasteiger charge is 2.26. The minimum atomic E-state index is -0.0820. The van der Waals surface area contributed by atoms with Gasteiger partial charge in [0.1, 0.15) is 5.75 Å². The molecule has 2 rings (SSSR count). The Labute approximate surface area is 120 Å². The average Bonchev–Trinajstić information content (AvgIpc) is 2.49. The van der Waals surface area contributed by atoms with Crippen molar-refractivity contribution in [3.63, 3.8) is 0 Å². The normalized spacial score (nSPS) is 19.6. The van der Waals surface area contributed by atoms with E-state index in [1.165, 1.54) is 12.7 Å². The molecule has 1 aromatic rings. The van der Waals surface area contributed by atoms with E-state index < -0.39 is 0 Å². The summed E-state index contributed by atoms with van der Waals surface area (Å²) in [6.45, 7) is 5.38. The lowest BCUT2D eigenvalue weighted by atomic mass is 9.98. The van der Waals surface area contributed by atoms with Gasteiger partial charge in [-0.25, -0.2) is 0 Å². The van der Waals surface area contributed by atoms with E-state index in [4.69, 9.17) is 9.47 Å². The smallest absolute Gasteiger partial charge is 0.309 e. The third-order valence-electron chi connectivity index (χ3n) is 3.68. The summed E-state index contributed by atoms with van der Waals surface area (Å²) in [5, 5.41) is 0. The summed E-state index contributed by atoms with van der Waals surface area (Å²) < 4.78 is 10.3. The number of benzene rings is 1. The van der Waals surface area contributed by atoms with Crippen molar-refractivity contribution in [2.24, 2.45) is 5.92 Å². The molecule has 20 heavy (non-hydrogen) atoms. The van der Waals surface area contributed by atoms with Crippen molar-refractivity contribution in [2.45, 2.75) is 26.3 Å². The molecule has 1 aliphatic rings. The Hall–Kier alpha value is -1.55. The number of esters is 1. The molecule has 0 N–H and O–H groups in total. The fraction of sp³-hybridized carbons (Fsp3) is 0.562. The first-order chi connectivity index (χ1) is 9.72. The van der Waals surface area contributed by atoms with Crippen molar-refractivity contribution < 1.29 is 14.3 Å². The Morgan fingerprint density at radius 3 is 2.75 bits per heavy atom. The molecule has 0 aliphatic carbocycles. The number of methoxy groups -OCH3 is 1. The van der Waals surface area contributed by atoms with Gasteiger partial charge in [-0.1, -0.05) is 12.1 Å². The van der Waals surface area contributed by atoms with Crippen molar-refractivity contribution in [2.75, 3.05) is 26.8 Å². The fourth-order valence-electron chi connectivity index (χ4n) is 2.67. The summed E-state index contributed by atoms with van der Waals surface area (Å²) in [7, 11) is 1.47. The van der Waals surface area contributed by atoms with Crippen molar-refractivity contribution in [3.8, 4) is 5.75 Å². The number of likely N-dealkylation sites (tertiary alicyclic amines) is 1. The lowest BCUT2D eigenvalue weighted by molar-refractivity contribution is -0.147. The van der Waals surface area contributed by atoms with E-state index in [0.29, 0.717) is 6.61 Å². The third kappa shape index (κ3) is 3.97. The second-order valence-electron chi connectivity index (χ2n) is 5.17. The summed E-state index contributed by atoms with van der Waals surface area (Å²) in [6.07, 6.45) is 1.99. The van der Waals surface area contributed by atoms with Crippen LogP contribution in [-0.4, -0.2) is 37.7 Å². The van der Waals surface area contributed by atoms with Crippen LogP contribution in [-0.2, 0) is 16.1 Å². The van der Waals surface area contributed by atoms with E-state index in [9.17, 15) is 4.79 Å². The maximum Gasteiger partial charge on any atom is 0.309 e. The number of hydrogen-bond donors (Lipinski definition) is 0. The minimum Gasteiger partial charge on any atom is -0.494 e. The second-order valence-corrected chi connectivity index (χ2v) is 5.17. The number of nitrogens with zero attached hydrogens (tertiary/aromatic N) is 1. The highest BCUT2D eigenvalue weighted by molar-refractivity contribution is 5.72. The van der Waals surface area contributed by atoms with Gasteiger partial charge in [-0.3, -0.25) is 9.69 Å². The van der Waals surface area contributed by atoms with Crippen LogP contribution in [0.5, 0.6) is 5.75 Å². The largest absolute Gasteiger partial charge is 0.494 e. The van der Waals surface area contributed by atoms with Gasteiger partial charge in [-0.2, -0.15) is 0 Å². The number of carbonyl (C=O) groups excluding carboxylic acids is 1. The topological polar surface area (TPSA) is 38.8 Å². The van der Waals surface area contributed by atoms with Gasteiger partial charge in [0.25, 0.3) is 0 Å². The van der Waals surface area contributed by atoms with Crippen LogP contribution >= 0.6 is 0 Å². The standard InChI is InChI=1S/C16H23NO3/c1-3-20-15-8-6-13(7-9-15)11-17-10-4-5-14(12-17)16(18)19-2/h6-9,14H,3-5,10-12H2,1-2H3/t14-/m0/s1. The molecule has 110 valence electrons. The summed E-state index contributed by atoms with van der Waals surface area (Å²) in [6, 6.07) is 8.18. The molecule has 1 saturated heterocycles. The van der Waals surface area contributed by atoms with Gasteiger partial charge < -0.3 is 9.47 Å². The molecule has 0 spiro atoms. The van der Waals surface area contributed by atoms with Crippen LogP contribution in [0.25, 0.3) is 0 Å². The molecule has 0 unspecified atom stereocenters. The van der Waals surface area contributed by atoms with E-state index in [1.807, 2.05) is 19.1 Å². The zero-order valence-corrected chi connectivity index (χ0v) is 12.3. The Balaban J connectivity index is 1.90. The lowest BCUT2D eigenvalue weighted by Crippen LogP contribution is -2.38. The molecule has 0 saturated carbocycles. The van der Waals surface area contributed by atoms with Crippen LogP contribution in [0.4, 0.5) is 0 Å². The zero-order valence-electron chi connectivity index (χ0n) is 12.3. The van der Waals surface area contributed by atoms with Crippen molar-refractivity contribution in [1.29, 1.82) is 0 Å². The highest BCUT2D eigenvalue weighted by atomic mass is 16.5. The van der Waals surface area contributed by atoms with E-state index >= 15 is 0 Å². The number of hydrogen-bond acceptors (Lipinski definition) is 4. The van der Waals surface area contributed by atoms with Crippen LogP contribution in [0.15, 0.2) is 24.3 Å². The lowest BCUT2D eigenvalue weighted by Gasteiger charge is -2.31. The minimum absolute atomic E-state index is 0.0245. The zero-order chi connectivity index (χ0) is 14.4. The van der Waals surface area contributed by atoms with Crippen LogP contribution < -0.4 is 4.74 Å². The molecule has 0 aromatic heterocycles. The summed E-state index contributed by atoms with van der Waals surface area (Å²) in [5.74, 6) is 0.847. The SMILES string of the molecule is CCOc1ccc(CN2CCC[C@H](C(=O)OC)C2)cc1. The molecular weight excluding hydrogens is 254 g/mol. The highest BCUT2D eigenvalue weighted by Crippen LogP contribution is 2.20. The number of carbonyl (C=O) groups is 1. The van der Waals surface area contributed by atoms with Crippen LogP contribution in [0.2, 0.25) is 0 Å². The van der Waals surface area contributed by atoms with Crippen molar-refractivity contribution in [1.82, 2.24) is 4.90 Å². The van der Waals surface area contributed by atoms with Gasteiger partial charge in [-0.15, -0.1) is 0 Å². The van der Waals surface area contributed by atoms with Crippen LogP contribution in [0.3, 0.4) is 0 Å². The summed E-state index contributed by atoms with van der Waals surface area (Å²) >= 11 is 0. The van der Waals surface area contributed by atoms with Crippen LogP contribution in [0.1, 0.15) is 25.3 Å². The predicted octanol–water partition coefficient (Wildman–Crippen LogP) is 2.47. The van der Waals surface area contributed by atoms with E-state index in [-0.39, 0.29) is 11.9 Å². The fourth-order valence-corrected chi connectivity index (χ4v) is 2.67. The molecule has 0 bridgehead atoms. The van der Waals surface area contributed by atoms with Gasteiger partial charge >= 0.3 is 5.97 Å². The maximum absolute atomic E-state index is 11.6. The number of piperidine rings is 1. The number of rotatable bonds is 5. The predicted molar refractivity (Wildman–Crippen MR) is 77.6 cm³/mol. The van der Waals surface area contributed by atoms with Gasteiger partial charge in [0, 0.05) is 13.1 Å². The molecule has 4 heteroatoms. The van der Waals surface area contributed by atoms with E-state index in [0.717, 1.165) is 38.2 Å². The van der Waals surface area contributed by atoms with Crippen molar-refractivity contribution >= 4 is 5.97 Å². The second kappa shape index (κ2) is 7.29. The first kappa shape index (κ1) is 14.9.